The Morgan fingerprint density at radius 1 is 1.42 bits per heavy atom. The van der Waals surface area contributed by atoms with Gasteiger partial charge >= 0.3 is 5.97 Å². The molecule has 2 aromatic rings. The molecule has 0 unspecified atom stereocenters. The lowest BCUT2D eigenvalue weighted by atomic mass is 10.0. The van der Waals surface area contributed by atoms with Crippen molar-refractivity contribution in [2.75, 3.05) is 7.11 Å². The fourth-order valence-corrected chi connectivity index (χ4v) is 1.85. The summed E-state index contributed by atoms with van der Waals surface area (Å²) in [6.07, 6.45) is 3.55. The quantitative estimate of drug-likeness (QED) is 0.777. The first-order valence-corrected chi connectivity index (χ1v) is 5.79. The molecule has 5 nitrogen and oxygen atoms in total. The zero-order valence-electron chi connectivity index (χ0n) is 10.5. The summed E-state index contributed by atoms with van der Waals surface area (Å²) in [5.41, 5.74) is 1.87. The molecule has 0 amide bonds. The van der Waals surface area contributed by atoms with Gasteiger partial charge in [0.2, 0.25) is 5.82 Å². The molecule has 0 atom stereocenters. The molecule has 0 saturated heterocycles. The highest BCUT2D eigenvalue weighted by Crippen LogP contribution is 2.13. The monoisotopic (exact) mass is 255 g/mol. The molecule has 0 aliphatic carbocycles. The van der Waals surface area contributed by atoms with Crippen LogP contribution >= 0.6 is 0 Å². The van der Waals surface area contributed by atoms with E-state index in [0.717, 1.165) is 11.1 Å². The SMILES string of the molecule is COC(=O)Cc1ccccc1Cn1ccnc1C#N. The van der Waals surface area contributed by atoms with Gasteiger partial charge in [-0.1, -0.05) is 24.3 Å². The number of esters is 1. The van der Waals surface area contributed by atoms with Crippen molar-refractivity contribution in [3.05, 3.63) is 53.6 Å². The molecule has 1 aromatic carbocycles. The Morgan fingerprint density at radius 3 is 2.84 bits per heavy atom. The van der Waals surface area contributed by atoms with Crippen molar-refractivity contribution in [2.45, 2.75) is 13.0 Å². The molecule has 0 bridgehead atoms. The smallest absolute Gasteiger partial charge is 0.309 e. The molecule has 1 aromatic heterocycles. The Bertz CT molecular complexity index is 626. The number of carbonyl (C=O) groups excluding carboxylic acids is 1. The summed E-state index contributed by atoms with van der Waals surface area (Å²) in [4.78, 5) is 15.3. The fraction of sp³-hybridized carbons (Fsp3) is 0.214. The third-order valence-electron chi connectivity index (χ3n) is 2.84. The van der Waals surface area contributed by atoms with Crippen LogP contribution in [0, 0.1) is 11.3 Å². The summed E-state index contributed by atoms with van der Waals surface area (Å²) in [6, 6.07) is 9.62. The minimum atomic E-state index is -0.279. The molecule has 2 rings (SSSR count). The van der Waals surface area contributed by atoms with Crippen LogP contribution in [0.1, 0.15) is 17.0 Å². The maximum atomic E-state index is 11.4. The number of imidazole rings is 1. The first kappa shape index (κ1) is 12.8. The molecule has 1 heterocycles. The minimum Gasteiger partial charge on any atom is -0.469 e. The van der Waals surface area contributed by atoms with Crippen molar-refractivity contribution in [1.29, 1.82) is 5.26 Å². The third kappa shape index (κ3) is 2.99. The van der Waals surface area contributed by atoms with Gasteiger partial charge in [0, 0.05) is 12.4 Å². The largest absolute Gasteiger partial charge is 0.469 e. The number of nitriles is 1. The predicted octanol–water partition coefficient (Wildman–Crippen LogP) is 1.52. The lowest BCUT2D eigenvalue weighted by molar-refractivity contribution is -0.139. The van der Waals surface area contributed by atoms with Crippen LogP contribution in [0.5, 0.6) is 0 Å². The van der Waals surface area contributed by atoms with E-state index in [1.165, 1.54) is 7.11 Å². The number of nitrogens with zero attached hydrogens (tertiary/aromatic N) is 3. The van der Waals surface area contributed by atoms with E-state index < -0.39 is 0 Å². The molecule has 0 saturated carbocycles. The van der Waals surface area contributed by atoms with Crippen molar-refractivity contribution < 1.29 is 9.53 Å². The summed E-state index contributed by atoms with van der Waals surface area (Å²) in [6.45, 7) is 0.510. The topological polar surface area (TPSA) is 67.9 Å². The lowest BCUT2D eigenvalue weighted by Crippen LogP contribution is -2.09. The molecule has 0 aliphatic rings. The van der Waals surface area contributed by atoms with Gasteiger partial charge in [0.25, 0.3) is 0 Å². The highest BCUT2D eigenvalue weighted by Gasteiger charge is 2.09. The molecule has 0 spiro atoms. The van der Waals surface area contributed by atoms with Crippen molar-refractivity contribution >= 4 is 5.97 Å². The van der Waals surface area contributed by atoms with E-state index in [-0.39, 0.29) is 12.4 Å². The van der Waals surface area contributed by atoms with Gasteiger partial charge in [-0.2, -0.15) is 5.26 Å². The van der Waals surface area contributed by atoms with Crippen LogP contribution in [0.25, 0.3) is 0 Å². The molecule has 5 heteroatoms. The van der Waals surface area contributed by atoms with Crippen molar-refractivity contribution in [1.82, 2.24) is 9.55 Å². The van der Waals surface area contributed by atoms with E-state index in [1.807, 2.05) is 30.3 Å². The van der Waals surface area contributed by atoms with Crippen LogP contribution in [0.4, 0.5) is 0 Å². The Hall–Kier alpha value is -2.61. The normalized spacial score (nSPS) is 9.89. The average molecular weight is 255 g/mol. The van der Waals surface area contributed by atoms with Crippen LogP contribution < -0.4 is 0 Å². The first-order valence-electron chi connectivity index (χ1n) is 5.79. The van der Waals surface area contributed by atoms with Gasteiger partial charge in [-0.15, -0.1) is 0 Å². The molecule has 0 radical (unpaired) electrons. The Balaban J connectivity index is 2.26. The summed E-state index contributed by atoms with van der Waals surface area (Å²) < 4.78 is 6.42. The van der Waals surface area contributed by atoms with Gasteiger partial charge in [-0.3, -0.25) is 4.79 Å². The predicted molar refractivity (Wildman–Crippen MR) is 68.2 cm³/mol. The fourth-order valence-electron chi connectivity index (χ4n) is 1.85. The first-order chi connectivity index (χ1) is 9.24. The molecule has 0 fully saturated rings. The van der Waals surface area contributed by atoms with E-state index in [2.05, 4.69) is 9.72 Å². The lowest BCUT2D eigenvalue weighted by Gasteiger charge is -2.09. The number of hydrogen-bond acceptors (Lipinski definition) is 4. The van der Waals surface area contributed by atoms with E-state index in [0.29, 0.717) is 12.4 Å². The minimum absolute atomic E-state index is 0.225. The Morgan fingerprint density at radius 2 is 2.16 bits per heavy atom. The number of carbonyl (C=O) groups is 1. The van der Waals surface area contributed by atoms with Gasteiger partial charge < -0.3 is 9.30 Å². The number of rotatable bonds is 4. The van der Waals surface area contributed by atoms with Crippen molar-refractivity contribution in [3.8, 4) is 6.07 Å². The van der Waals surface area contributed by atoms with Gasteiger partial charge in [0.05, 0.1) is 20.1 Å². The number of ether oxygens (including phenoxy) is 1. The second-order valence-electron chi connectivity index (χ2n) is 4.01. The third-order valence-corrected chi connectivity index (χ3v) is 2.84. The molecular formula is C14H13N3O2. The van der Waals surface area contributed by atoms with Crippen LogP contribution in [-0.2, 0) is 22.5 Å². The number of benzene rings is 1. The maximum absolute atomic E-state index is 11.4. The summed E-state index contributed by atoms with van der Waals surface area (Å²) in [5, 5.41) is 8.93. The molecular weight excluding hydrogens is 242 g/mol. The van der Waals surface area contributed by atoms with Gasteiger partial charge in [-0.05, 0) is 11.1 Å². The van der Waals surface area contributed by atoms with Crippen LogP contribution in [0.2, 0.25) is 0 Å². The number of hydrogen-bond donors (Lipinski definition) is 0. The van der Waals surface area contributed by atoms with Gasteiger partial charge in [0.15, 0.2) is 0 Å². The average Bonchev–Trinajstić information content (AvgIpc) is 2.88. The standard InChI is InChI=1S/C14H13N3O2/c1-19-14(18)8-11-4-2-3-5-12(11)10-17-7-6-16-13(17)9-15/h2-7H,8,10H2,1H3. The highest BCUT2D eigenvalue weighted by atomic mass is 16.5. The van der Waals surface area contributed by atoms with E-state index >= 15 is 0 Å². The summed E-state index contributed by atoms with van der Waals surface area (Å²) >= 11 is 0. The second-order valence-corrected chi connectivity index (χ2v) is 4.01. The molecule has 96 valence electrons. The molecule has 0 N–H and O–H groups in total. The van der Waals surface area contributed by atoms with E-state index in [9.17, 15) is 4.79 Å². The van der Waals surface area contributed by atoms with Gasteiger partial charge in [-0.25, -0.2) is 4.98 Å². The summed E-state index contributed by atoms with van der Waals surface area (Å²) in [5.74, 6) is 0.0754. The molecule has 0 aliphatic heterocycles. The van der Waals surface area contributed by atoms with Crippen molar-refractivity contribution in [2.24, 2.45) is 0 Å². The number of methoxy groups -OCH3 is 1. The molecule has 19 heavy (non-hydrogen) atoms. The van der Waals surface area contributed by atoms with Crippen LogP contribution in [-0.4, -0.2) is 22.6 Å². The number of aromatic nitrogens is 2. The Kier molecular flexibility index (Phi) is 3.94. The second kappa shape index (κ2) is 5.83. The van der Waals surface area contributed by atoms with E-state index in [1.54, 1.807) is 17.0 Å². The van der Waals surface area contributed by atoms with Gasteiger partial charge in [0.1, 0.15) is 6.07 Å². The van der Waals surface area contributed by atoms with Crippen LogP contribution in [0.15, 0.2) is 36.7 Å². The Labute approximate surface area is 111 Å². The highest BCUT2D eigenvalue weighted by molar-refractivity contribution is 5.72. The summed E-state index contributed by atoms with van der Waals surface area (Å²) in [7, 11) is 1.37. The van der Waals surface area contributed by atoms with Crippen LogP contribution in [0.3, 0.4) is 0 Å². The maximum Gasteiger partial charge on any atom is 0.309 e. The zero-order valence-corrected chi connectivity index (χ0v) is 10.5. The van der Waals surface area contributed by atoms with Crippen molar-refractivity contribution in [3.63, 3.8) is 0 Å². The van der Waals surface area contributed by atoms with E-state index in [4.69, 9.17) is 5.26 Å². The zero-order chi connectivity index (χ0) is 13.7.